The van der Waals surface area contributed by atoms with Crippen LogP contribution in [-0.2, 0) is 6.54 Å². The maximum absolute atomic E-state index is 11.5. The summed E-state index contributed by atoms with van der Waals surface area (Å²) in [7, 11) is 0. The third-order valence-corrected chi connectivity index (χ3v) is 4.22. The van der Waals surface area contributed by atoms with Crippen molar-refractivity contribution in [2.75, 3.05) is 0 Å². The van der Waals surface area contributed by atoms with E-state index >= 15 is 0 Å². The van der Waals surface area contributed by atoms with Crippen molar-refractivity contribution in [1.82, 2.24) is 14.8 Å². The van der Waals surface area contributed by atoms with Crippen LogP contribution in [0.1, 0.15) is 32.6 Å². The van der Waals surface area contributed by atoms with Crippen LogP contribution in [0.15, 0.2) is 9.95 Å². The Hall–Kier alpha value is -0.750. The molecule has 1 aromatic heterocycles. The molecule has 0 unspecified atom stereocenters. The van der Waals surface area contributed by atoms with Crippen molar-refractivity contribution in [3.8, 4) is 0 Å². The average Bonchev–Trinajstić information content (AvgIpc) is 2.80. The van der Waals surface area contributed by atoms with Crippen molar-refractivity contribution in [1.29, 1.82) is 0 Å². The molecule has 0 bridgehead atoms. The zero-order chi connectivity index (χ0) is 11.5. The Balaban J connectivity index is 2.11. The van der Waals surface area contributed by atoms with Gasteiger partial charge in [-0.2, -0.15) is 0 Å². The lowest BCUT2D eigenvalue weighted by molar-refractivity contribution is 0.188. The lowest BCUT2D eigenvalue weighted by Crippen LogP contribution is -2.20. The number of aromatic nitrogens is 3. The van der Waals surface area contributed by atoms with Gasteiger partial charge in [0.1, 0.15) is 0 Å². The van der Waals surface area contributed by atoms with Crippen LogP contribution in [0.2, 0.25) is 0 Å². The zero-order valence-corrected chi connectivity index (χ0v) is 10.2. The number of nitrogens with one attached hydrogen (secondary N) is 1. The summed E-state index contributed by atoms with van der Waals surface area (Å²) in [4.78, 5) is 11.5. The minimum atomic E-state index is -0.258. The highest BCUT2D eigenvalue weighted by Crippen LogP contribution is 2.33. The Labute approximate surface area is 98.3 Å². The second kappa shape index (κ2) is 5.05. The summed E-state index contributed by atoms with van der Waals surface area (Å²) in [5, 5.41) is 17.1. The second-order valence-electron chi connectivity index (χ2n) is 4.12. The van der Waals surface area contributed by atoms with Crippen molar-refractivity contribution >= 4 is 11.8 Å². The van der Waals surface area contributed by atoms with Crippen molar-refractivity contribution in [3.05, 3.63) is 10.5 Å². The van der Waals surface area contributed by atoms with Gasteiger partial charge < -0.3 is 5.11 Å². The van der Waals surface area contributed by atoms with Crippen LogP contribution in [0, 0.1) is 0 Å². The monoisotopic (exact) mass is 243 g/mol. The van der Waals surface area contributed by atoms with Gasteiger partial charge in [0.15, 0.2) is 5.16 Å². The van der Waals surface area contributed by atoms with E-state index in [0.29, 0.717) is 11.7 Å². The van der Waals surface area contributed by atoms with Crippen molar-refractivity contribution in [2.45, 2.75) is 55.7 Å². The molecular weight excluding hydrogens is 226 g/mol. The molecule has 0 radical (unpaired) electrons. The van der Waals surface area contributed by atoms with Crippen LogP contribution < -0.4 is 5.69 Å². The highest BCUT2D eigenvalue weighted by atomic mass is 32.2. The van der Waals surface area contributed by atoms with Gasteiger partial charge in [-0.1, -0.05) is 18.7 Å². The SMILES string of the molecule is CCCn1c(S[C@H]2CCC[C@@H]2O)n[nH]c1=O. The van der Waals surface area contributed by atoms with E-state index in [1.54, 1.807) is 4.57 Å². The van der Waals surface area contributed by atoms with E-state index in [1.807, 2.05) is 6.92 Å². The number of aliphatic hydroxyl groups is 1. The topological polar surface area (TPSA) is 70.9 Å². The summed E-state index contributed by atoms with van der Waals surface area (Å²) < 4.78 is 1.65. The molecule has 2 rings (SSSR count). The normalized spacial score (nSPS) is 25.1. The van der Waals surface area contributed by atoms with Gasteiger partial charge in [-0.15, -0.1) is 5.10 Å². The van der Waals surface area contributed by atoms with Crippen LogP contribution in [0.4, 0.5) is 0 Å². The molecule has 0 spiro atoms. The molecular formula is C10H17N3O2S. The van der Waals surface area contributed by atoms with Crippen molar-refractivity contribution in [3.63, 3.8) is 0 Å². The Kier molecular flexibility index (Phi) is 3.70. The van der Waals surface area contributed by atoms with E-state index in [0.717, 1.165) is 25.7 Å². The van der Waals surface area contributed by atoms with E-state index < -0.39 is 0 Å². The number of H-pyrrole nitrogens is 1. The van der Waals surface area contributed by atoms with Crippen LogP contribution in [0.3, 0.4) is 0 Å². The largest absolute Gasteiger partial charge is 0.392 e. The number of aliphatic hydroxyl groups excluding tert-OH is 1. The first kappa shape index (κ1) is 11.7. The highest BCUT2D eigenvalue weighted by Gasteiger charge is 2.27. The number of hydrogen-bond donors (Lipinski definition) is 2. The Bertz CT molecular complexity index is 401. The molecule has 90 valence electrons. The zero-order valence-electron chi connectivity index (χ0n) is 9.35. The minimum Gasteiger partial charge on any atom is -0.392 e. The standard InChI is InChI=1S/C10H17N3O2S/c1-2-6-13-9(15)11-12-10(13)16-8-5-3-4-7(8)14/h7-8,14H,2-6H2,1H3,(H,11,15)/t7-,8-/m0/s1. The highest BCUT2D eigenvalue weighted by molar-refractivity contribution is 7.99. The van der Waals surface area contributed by atoms with Crippen LogP contribution >= 0.6 is 11.8 Å². The smallest absolute Gasteiger partial charge is 0.343 e. The van der Waals surface area contributed by atoms with Crippen molar-refractivity contribution in [2.24, 2.45) is 0 Å². The number of thioether (sulfide) groups is 1. The Morgan fingerprint density at radius 1 is 1.62 bits per heavy atom. The molecule has 0 saturated heterocycles. The number of hydrogen-bond acceptors (Lipinski definition) is 4. The average molecular weight is 243 g/mol. The number of aromatic amines is 1. The predicted molar refractivity (Wildman–Crippen MR) is 62.6 cm³/mol. The number of nitrogens with zero attached hydrogens (tertiary/aromatic N) is 2. The van der Waals surface area contributed by atoms with Crippen LogP contribution in [0.25, 0.3) is 0 Å². The van der Waals surface area contributed by atoms with Gasteiger partial charge in [0.25, 0.3) is 0 Å². The first-order valence-electron chi connectivity index (χ1n) is 5.72. The quantitative estimate of drug-likeness (QED) is 0.827. The summed E-state index contributed by atoms with van der Waals surface area (Å²) in [5.74, 6) is 0. The van der Waals surface area contributed by atoms with E-state index in [9.17, 15) is 9.90 Å². The van der Waals surface area contributed by atoms with Gasteiger partial charge in [-0.3, -0.25) is 4.57 Å². The first-order chi connectivity index (χ1) is 7.72. The summed E-state index contributed by atoms with van der Waals surface area (Å²) in [6, 6.07) is 0. The lowest BCUT2D eigenvalue weighted by Gasteiger charge is -2.13. The number of rotatable bonds is 4. The fourth-order valence-electron chi connectivity index (χ4n) is 1.99. The van der Waals surface area contributed by atoms with E-state index in [2.05, 4.69) is 10.2 Å². The molecule has 5 nitrogen and oxygen atoms in total. The molecule has 0 aliphatic heterocycles. The Morgan fingerprint density at radius 2 is 2.44 bits per heavy atom. The summed E-state index contributed by atoms with van der Waals surface area (Å²) in [6.45, 7) is 2.71. The Morgan fingerprint density at radius 3 is 3.06 bits per heavy atom. The lowest BCUT2D eigenvalue weighted by atomic mass is 10.3. The summed E-state index contributed by atoms with van der Waals surface area (Å²) in [5.41, 5.74) is -0.156. The molecule has 1 aromatic rings. The summed E-state index contributed by atoms with van der Waals surface area (Å²) >= 11 is 1.52. The van der Waals surface area contributed by atoms with Crippen molar-refractivity contribution < 1.29 is 5.11 Å². The minimum absolute atomic E-state index is 0.156. The molecule has 2 N–H and O–H groups in total. The molecule has 1 heterocycles. The molecule has 16 heavy (non-hydrogen) atoms. The third-order valence-electron chi connectivity index (χ3n) is 2.84. The molecule has 1 fully saturated rings. The van der Waals surface area contributed by atoms with Gasteiger partial charge in [0, 0.05) is 11.8 Å². The van der Waals surface area contributed by atoms with E-state index in [-0.39, 0.29) is 17.0 Å². The van der Waals surface area contributed by atoms with Gasteiger partial charge in [0.05, 0.1) is 6.10 Å². The van der Waals surface area contributed by atoms with Gasteiger partial charge in [-0.25, -0.2) is 9.89 Å². The second-order valence-corrected chi connectivity index (χ2v) is 5.32. The molecule has 2 atom stereocenters. The van der Waals surface area contributed by atoms with Gasteiger partial charge >= 0.3 is 5.69 Å². The molecule has 1 saturated carbocycles. The fraction of sp³-hybridized carbons (Fsp3) is 0.800. The fourth-order valence-corrected chi connectivity index (χ4v) is 3.24. The molecule has 1 aliphatic carbocycles. The van der Waals surface area contributed by atoms with Crippen LogP contribution in [0.5, 0.6) is 0 Å². The molecule has 6 heteroatoms. The van der Waals surface area contributed by atoms with Gasteiger partial charge in [-0.05, 0) is 25.7 Å². The molecule has 0 aromatic carbocycles. The molecule has 1 aliphatic rings. The first-order valence-corrected chi connectivity index (χ1v) is 6.60. The van der Waals surface area contributed by atoms with E-state index in [1.165, 1.54) is 11.8 Å². The predicted octanol–water partition coefficient (Wildman–Crippen LogP) is 0.987. The van der Waals surface area contributed by atoms with E-state index in [4.69, 9.17) is 0 Å². The maximum Gasteiger partial charge on any atom is 0.343 e. The third kappa shape index (κ3) is 2.32. The van der Waals surface area contributed by atoms with Gasteiger partial charge in [0.2, 0.25) is 0 Å². The van der Waals surface area contributed by atoms with Crippen LogP contribution in [-0.4, -0.2) is 31.2 Å². The molecule has 0 amide bonds. The maximum atomic E-state index is 11.5. The summed E-state index contributed by atoms with van der Waals surface area (Å²) in [6.07, 6.45) is 3.56.